The second-order valence-electron chi connectivity index (χ2n) is 3.76. The Morgan fingerprint density at radius 1 is 1.21 bits per heavy atom. The molecule has 19 heavy (non-hydrogen) atoms. The number of carbonyl (C=O) groups excluding carboxylic acids is 1. The Kier molecular flexibility index (Phi) is 5.73. The summed E-state index contributed by atoms with van der Waals surface area (Å²) in [5.74, 6) is -0.835. The highest BCUT2D eigenvalue weighted by molar-refractivity contribution is 7.12. The number of carboxylic acid groups (broad SMARTS) is 1. The van der Waals surface area contributed by atoms with E-state index in [1.807, 2.05) is 36.6 Å². The molecule has 100 valence electrons. The maximum absolute atomic E-state index is 12.0. The molecule has 1 aromatic carbocycles. The molecule has 2 rings (SSSR count). The first-order chi connectivity index (χ1) is 8.93. The van der Waals surface area contributed by atoms with E-state index in [0.717, 1.165) is 17.4 Å². The zero-order chi connectivity index (χ0) is 14.4. The SMILES string of the molecule is CC(=O)O.Cc1cccc(C(=O)c2cccs2)c1Cl. The third-order valence-corrected chi connectivity index (χ3v) is 3.55. The zero-order valence-electron chi connectivity index (χ0n) is 10.5. The van der Waals surface area contributed by atoms with Crippen molar-refractivity contribution in [3.8, 4) is 0 Å². The number of thiophene rings is 1. The van der Waals surface area contributed by atoms with Gasteiger partial charge in [-0.15, -0.1) is 11.3 Å². The Hall–Kier alpha value is -1.65. The number of carboxylic acids is 1. The number of hydrogen-bond donors (Lipinski definition) is 1. The number of rotatable bonds is 2. The first-order valence-electron chi connectivity index (χ1n) is 5.46. The van der Waals surface area contributed by atoms with Crippen molar-refractivity contribution in [2.75, 3.05) is 0 Å². The Labute approximate surface area is 120 Å². The third kappa shape index (κ3) is 4.50. The first-order valence-corrected chi connectivity index (χ1v) is 6.72. The second-order valence-corrected chi connectivity index (χ2v) is 5.09. The van der Waals surface area contributed by atoms with Crippen LogP contribution in [0, 0.1) is 6.92 Å². The number of aliphatic carboxylic acids is 1. The van der Waals surface area contributed by atoms with Gasteiger partial charge in [-0.2, -0.15) is 0 Å². The van der Waals surface area contributed by atoms with Crippen LogP contribution in [0.5, 0.6) is 0 Å². The minimum atomic E-state index is -0.833. The van der Waals surface area contributed by atoms with Gasteiger partial charge in [-0.05, 0) is 30.0 Å². The molecule has 0 unspecified atom stereocenters. The predicted octanol–water partition coefficient (Wildman–Crippen LogP) is 4.03. The molecule has 0 atom stereocenters. The maximum Gasteiger partial charge on any atom is 0.300 e. The zero-order valence-corrected chi connectivity index (χ0v) is 12.1. The van der Waals surface area contributed by atoms with E-state index in [-0.39, 0.29) is 5.78 Å². The molecule has 1 N–H and O–H groups in total. The van der Waals surface area contributed by atoms with Crippen molar-refractivity contribution >= 4 is 34.7 Å². The summed E-state index contributed by atoms with van der Waals surface area (Å²) in [6.45, 7) is 2.98. The summed E-state index contributed by atoms with van der Waals surface area (Å²) in [4.78, 5) is 21.7. The second kappa shape index (κ2) is 7.07. The monoisotopic (exact) mass is 296 g/mol. The average Bonchev–Trinajstić information content (AvgIpc) is 2.85. The molecule has 1 aromatic heterocycles. The fraction of sp³-hybridized carbons (Fsp3) is 0.143. The number of benzene rings is 1. The van der Waals surface area contributed by atoms with Gasteiger partial charge in [0.1, 0.15) is 0 Å². The average molecular weight is 297 g/mol. The maximum atomic E-state index is 12.0. The van der Waals surface area contributed by atoms with Crippen LogP contribution in [0.15, 0.2) is 35.7 Å². The summed E-state index contributed by atoms with van der Waals surface area (Å²) in [7, 11) is 0. The van der Waals surface area contributed by atoms with Crippen molar-refractivity contribution < 1.29 is 14.7 Å². The molecule has 0 amide bonds. The molecule has 0 fully saturated rings. The number of halogens is 1. The number of aryl methyl sites for hydroxylation is 1. The van der Waals surface area contributed by atoms with Gasteiger partial charge in [-0.1, -0.05) is 29.8 Å². The van der Waals surface area contributed by atoms with E-state index in [0.29, 0.717) is 10.6 Å². The van der Waals surface area contributed by atoms with Crippen LogP contribution in [0.4, 0.5) is 0 Å². The van der Waals surface area contributed by atoms with Gasteiger partial charge in [0.25, 0.3) is 5.97 Å². The van der Waals surface area contributed by atoms with Crippen LogP contribution in [0.1, 0.15) is 27.7 Å². The fourth-order valence-electron chi connectivity index (χ4n) is 1.36. The van der Waals surface area contributed by atoms with Crippen LogP contribution in [0.2, 0.25) is 5.02 Å². The van der Waals surface area contributed by atoms with Gasteiger partial charge in [0.05, 0.1) is 9.90 Å². The number of ketones is 1. The van der Waals surface area contributed by atoms with Gasteiger partial charge in [-0.25, -0.2) is 0 Å². The highest BCUT2D eigenvalue weighted by Gasteiger charge is 2.14. The molecule has 0 aliphatic rings. The normalized spacial score (nSPS) is 9.42. The molecule has 0 aliphatic heterocycles. The van der Waals surface area contributed by atoms with E-state index in [9.17, 15) is 4.79 Å². The van der Waals surface area contributed by atoms with E-state index >= 15 is 0 Å². The van der Waals surface area contributed by atoms with Crippen molar-refractivity contribution in [2.45, 2.75) is 13.8 Å². The Balaban J connectivity index is 0.000000399. The van der Waals surface area contributed by atoms with Crippen molar-refractivity contribution in [2.24, 2.45) is 0 Å². The summed E-state index contributed by atoms with van der Waals surface area (Å²) < 4.78 is 0. The lowest BCUT2D eigenvalue weighted by molar-refractivity contribution is -0.134. The molecule has 0 bridgehead atoms. The van der Waals surface area contributed by atoms with Gasteiger partial charge in [0, 0.05) is 12.5 Å². The van der Waals surface area contributed by atoms with E-state index in [2.05, 4.69) is 0 Å². The summed E-state index contributed by atoms with van der Waals surface area (Å²) in [5, 5.41) is 9.85. The lowest BCUT2D eigenvalue weighted by Gasteiger charge is -2.03. The Morgan fingerprint density at radius 3 is 2.37 bits per heavy atom. The Morgan fingerprint density at radius 2 is 1.84 bits per heavy atom. The van der Waals surface area contributed by atoms with Crippen LogP contribution in [-0.4, -0.2) is 16.9 Å². The molecular formula is C14H13ClO3S. The summed E-state index contributed by atoms with van der Waals surface area (Å²) in [6, 6.07) is 9.18. The van der Waals surface area contributed by atoms with Gasteiger partial charge in [0.15, 0.2) is 0 Å². The third-order valence-electron chi connectivity index (χ3n) is 2.18. The van der Waals surface area contributed by atoms with Crippen molar-refractivity contribution in [3.63, 3.8) is 0 Å². The van der Waals surface area contributed by atoms with Gasteiger partial charge < -0.3 is 5.11 Å². The summed E-state index contributed by atoms with van der Waals surface area (Å²) in [5.41, 5.74) is 1.51. The summed E-state index contributed by atoms with van der Waals surface area (Å²) in [6.07, 6.45) is 0. The molecule has 0 radical (unpaired) electrons. The predicted molar refractivity (Wildman–Crippen MR) is 77.3 cm³/mol. The van der Waals surface area contributed by atoms with E-state index in [4.69, 9.17) is 21.5 Å². The lowest BCUT2D eigenvalue weighted by Crippen LogP contribution is -2.00. The van der Waals surface area contributed by atoms with Crippen molar-refractivity contribution in [1.82, 2.24) is 0 Å². The molecule has 0 saturated carbocycles. The van der Waals surface area contributed by atoms with E-state index < -0.39 is 5.97 Å². The van der Waals surface area contributed by atoms with E-state index in [1.165, 1.54) is 11.3 Å². The smallest absolute Gasteiger partial charge is 0.300 e. The lowest BCUT2D eigenvalue weighted by atomic mass is 10.1. The van der Waals surface area contributed by atoms with Gasteiger partial charge in [-0.3, -0.25) is 9.59 Å². The molecule has 0 saturated heterocycles. The molecule has 0 spiro atoms. The number of hydrogen-bond acceptors (Lipinski definition) is 3. The summed E-state index contributed by atoms with van der Waals surface area (Å²) >= 11 is 7.52. The van der Waals surface area contributed by atoms with Crippen LogP contribution >= 0.6 is 22.9 Å². The van der Waals surface area contributed by atoms with Crippen LogP contribution in [0.3, 0.4) is 0 Å². The largest absolute Gasteiger partial charge is 0.481 e. The van der Waals surface area contributed by atoms with Crippen LogP contribution < -0.4 is 0 Å². The molecular weight excluding hydrogens is 284 g/mol. The standard InChI is InChI=1S/C12H9ClOS.C2H4O2/c1-8-4-2-5-9(11(8)13)12(14)10-6-3-7-15-10;1-2(3)4/h2-7H,1H3;1H3,(H,3,4). The molecule has 3 nitrogen and oxygen atoms in total. The minimum Gasteiger partial charge on any atom is -0.481 e. The quantitative estimate of drug-likeness (QED) is 0.851. The highest BCUT2D eigenvalue weighted by Crippen LogP contribution is 2.24. The highest BCUT2D eigenvalue weighted by atomic mass is 35.5. The van der Waals surface area contributed by atoms with Gasteiger partial charge >= 0.3 is 0 Å². The van der Waals surface area contributed by atoms with E-state index in [1.54, 1.807) is 6.07 Å². The van der Waals surface area contributed by atoms with Crippen molar-refractivity contribution in [1.29, 1.82) is 0 Å². The fourth-order valence-corrected chi connectivity index (χ4v) is 2.25. The first kappa shape index (κ1) is 15.4. The molecule has 1 heterocycles. The number of carbonyl (C=O) groups is 2. The van der Waals surface area contributed by atoms with Gasteiger partial charge in [0.2, 0.25) is 5.78 Å². The Bertz CT molecular complexity index is 572. The minimum absolute atomic E-state index is 0.00120. The molecule has 5 heteroatoms. The van der Waals surface area contributed by atoms with Crippen LogP contribution in [-0.2, 0) is 4.79 Å². The molecule has 2 aromatic rings. The molecule has 0 aliphatic carbocycles. The topological polar surface area (TPSA) is 54.4 Å². The van der Waals surface area contributed by atoms with Crippen molar-refractivity contribution in [3.05, 3.63) is 56.7 Å². The van der Waals surface area contributed by atoms with Crippen LogP contribution in [0.25, 0.3) is 0 Å².